The SMILES string of the molecule is CSc1cccc(NC(=O)c2ccc(NC(=O)c3ccccc3)cc2)c1. The number of carbonyl (C=O) groups is 2. The van der Waals surface area contributed by atoms with Crippen LogP contribution in [0.2, 0.25) is 0 Å². The Morgan fingerprint density at radius 2 is 1.31 bits per heavy atom. The normalized spacial score (nSPS) is 10.2. The van der Waals surface area contributed by atoms with Crippen molar-refractivity contribution in [2.75, 3.05) is 16.9 Å². The van der Waals surface area contributed by atoms with Gasteiger partial charge in [-0.25, -0.2) is 0 Å². The van der Waals surface area contributed by atoms with Gasteiger partial charge in [0.2, 0.25) is 0 Å². The van der Waals surface area contributed by atoms with E-state index in [2.05, 4.69) is 10.6 Å². The minimum atomic E-state index is -0.191. The highest BCUT2D eigenvalue weighted by molar-refractivity contribution is 7.98. The monoisotopic (exact) mass is 362 g/mol. The molecule has 0 atom stereocenters. The van der Waals surface area contributed by atoms with E-state index in [1.165, 1.54) is 0 Å². The fourth-order valence-electron chi connectivity index (χ4n) is 2.40. The average molecular weight is 362 g/mol. The molecule has 2 amide bonds. The molecule has 3 rings (SSSR count). The molecular weight excluding hydrogens is 344 g/mol. The van der Waals surface area contributed by atoms with E-state index < -0.39 is 0 Å². The molecule has 0 aliphatic heterocycles. The van der Waals surface area contributed by atoms with Crippen LogP contribution in [0.4, 0.5) is 11.4 Å². The van der Waals surface area contributed by atoms with Crippen molar-refractivity contribution in [2.24, 2.45) is 0 Å². The van der Waals surface area contributed by atoms with Crippen LogP contribution in [-0.2, 0) is 0 Å². The summed E-state index contributed by atoms with van der Waals surface area (Å²) in [5.41, 5.74) is 2.50. The van der Waals surface area contributed by atoms with Crippen molar-refractivity contribution in [1.82, 2.24) is 0 Å². The van der Waals surface area contributed by atoms with Crippen LogP contribution >= 0.6 is 11.8 Å². The van der Waals surface area contributed by atoms with Crippen molar-refractivity contribution in [3.8, 4) is 0 Å². The molecule has 3 aromatic rings. The zero-order valence-electron chi connectivity index (χ0n) is 14.2. The van der Waals surface area contributed by atoms with Crippen LogP contribution in [0.1, 0.15) is 20.7 Å². The third kappa shape index (κ3) is 4.52. The Labute approximate surface area is 156 Å². The largest absolute Gasteiger partial charge is 0.322 e. The van der Waals surface area contributed by atoms with Gasteiger partial charge >= 0.3 is 0 Å². The number of hydrogen-bond donors (Lipinski definition) is 2. The minimum Gasteiger partial charge on any atom is -0.322 e. The van der Waals surface area contributed by atoms with Crippen LogP contribution in [0.5, 0.6) is 0 Å². The quantitative estimate of drug-likeness (QED) is 0.634. The van der Waals surface area contributed by atoms with Crippen molar-refractivity contribution in [3.05, 3.63) is 90.0 Å². The Hall–Kier alpha value is -3.05. The fourth-order valence-corrected chi connectivity index (χ4v) is 2.86. The zero-order chi connectivity index (χ0) is 18.4. The third-order valence-corrected chi connectivity index (χ3v) is 4.49. The number of carbonyl (C=O) groups excluding carboxylic acids is 2. The summed E-state index contributed by atoms with van der Waals surface area (Å²) in [6, 6.07) is 23.5. The Morgan fingerprint density at radius 3 is 1.96 bits per heavy atom. The minimum absolute atomic E-state index is 0.184. The van der Waals surface area contributed by atoms with Gasteiger partial charge in [-0.3, -0.25) is 9.59 Å². The predicted octanol–water partition coefficient (Wildman–Crippen LogP) is 4.91. The molecule has 0 saturated heterocycles. The van der Waals surface area contributed by atoms with Crippen LogP contribution in [0.25, 0.3) is 0 Å². The number of thioether (sulfide) groups is 1. The summed E-state index contributed by atoms with van der Waals surface area (Å²) in [7, 11) is 0. The molecule has 0 aliphatic carbocycles. The Kier molecular flexibility index (Phi) is 5.71. The predicted molar refractivity (Wildman–Crippen MR) is 107 cm³/mol. The van der Waals surface area contributed by atoms with Gasteiger partial charge in [-0.2, -0.15) is 0 Å². The Balaban J connectivity index is 1.65. The molecular formula is C21H18N2O2S. The maximum Gasteiger partial charge on any atom is 0.255 e. The average Bonchev–Trinajstić information content (AvgIpc) is 2.69. The number of hydrogen-bond acceptors (Lipinski definition) is 3. The van der Waals surface area contributed by atoms with Crippen LogP contribution in [0.3, 0.4) is 0 Å². The van der Waals surface area contributed by atoms with Gasteiger partial charge in [0.25, 0.3) is 11.8 Å². The first kappa shape index (κ1) is 17.8. The molecule has 0 saturated carbocycles. The smallest absolute Gasteiger partial charge is 0.255 e. The first-order chi connectivity index (χ1) is 12.7. The van der Waals surface area contributed by atoms with Crippen molar-refractivity contribution < 1.29 is 9.59 Å². The van der Waals surface area contributed by atoms with Crippen LogP contribution < -0.4 is 10.6 Å². The molecule has 4 nitrogen and oxygen atoms in total. The van der Waals surface area contributed by atoms with Gasteiger partial charge in [0.1, 0.15) is 0 Å². The first-order valence-electron chi connectivity index (χ1n) is 8.07. The van der Waals surface area contributed by atoms with Gasteiger partial charge < -0.3 is 10.6 Å². The van der Waals surface area contributed by atoms with Gasteiger partial charge in [-0.15, -0.1) is 11.8 Å². The molecule has 0 fully saturated rings. The summed E-state index contributed by atoms with van der Waals surface area (Å²) < 4.78 is 0. The summed E-state index contributed by atoms with van der Waals surface area (Å²) in [4.78, 5) is 25.6. The molecule has 0 aliphatic rings. The van der Waals surface area contributed by atoms with Crippen LogP contribution in [0, 0.1) is 0 Å². The molecule has 0 unspecified atom stereocenters. The highest BCUT2D eigenvalue weighted by Gasteiger charge is 2.08. The van der Waals surface area contributed by atoms with E-state index in [9.17, 15) is 9.59 Å². The lowest BCUT2D eigenvalue weighted by Gasteiger charge is -2.08. The van der Waals surface area contributed by atoms with Gasteiger partial charge in [-0.1, -0.05) is 24.3 Å². The van der Waals surface area contributed by atoms with Gasteiger partial charge in [0, 0.05) is 27.4 Å². The van der Waals surface area contributed by atoms with Crippen molar-refractivity contribution in [3.63, 3.8) is 0 Å². The van der Waals surface area contributed by atoms with Gasteiger partial charge in [-0.05, 0) is 60.9 Å². The first-order valence-corrected chi connectivity index (χ1v) is 9.30. The van der Waals surface area contributed by atoms with Crippen molar-refractivity contribution >= 4 is 35.0 Å². The number of amides is 2. The van der Waals surface area contributed by atoms with E-state index >= 15 is 0 Å². The Morgan fingerprint density at radius 1 is 0.692 bits per heavy atom. The zero-order valence-corrected chi connectivity index (χ0v) is 15.0. The van der Waals surface area contributed by atoms with Crippen molar-refractivity contribution in [2.45, 2.75) is 4.90 Å². The van der Waals surface area contributed by atoms with Gasteiger partial charge in [0.15, 0.2) is 0 Å². The van der Waals surface area contributed by atoms with Crippen LogP contribution in [0.15, 0.2) is 83.8 Å². The maximum absolute atomic E-state index is 12.4. The second-order valence-corrected chi connectivity index (χ2v) is 6.46. The fraction of sp³-hybridized carbons (Fsp3) is 0.0476. The van der Waals surface area contributed by atoms with E-state index in [0.29, 0.717) is 16.8 Å². The second kappa shape index (κ2) is 8.36. The summed E-state index contributed by atoms with van der Waals surface area (Å²) in [5, 5.41) is 5.70. The van der Waals surface area contributed by atoms with Gasteiger partial charge in [0.05, 0.1) is 0 Å². The number of benzene rings is 3. The number of nitrogens with one attached hydrogen (secondary N) is 2. The topological polar surface area (TPSA) is 58.2 Å². The lowest BCUT2D eigenvalue weighted by atomic mass is 10.1. The molecule has 0 radical (unpaired) electrons. The van der Waals surface area contributed by atoms with E-state index in [-0.39, 0.29) is 11.8 Å². The van der Waals surface area contributed by atoms with E-state index in [1.54, 1.807) is 48.2 Å². The molecule has 26 heavy (non-hydrogen) atoms. The lowest BCUT2D eigenvalue weighted by Crippen LogP contribution is -2.13. The molecule has 0 bridgehead atoms. The standard InChI is InChI=1S/C21H18N2O2S/c1-26-19-9-5-8-18(14-19)23-21(25)16-10-12-17(13-11-16)22-20(24)15-6-3-2-4-7-15/h2-14H,1H3,(H,22,24)(H,23,25). The molecule has 0 aromatic heterocycles. The summed E-state index contributed by atoms with van der Waals surface area (Å²) in [6.45, 7) is 0. The molecule has 5 heteroatoms. The molecule has 0 spiro atoms. The highest BCUT2D eigenvalue weighted by atomic mass is 32.2. The summed E-state index contributed by atoms with van der Waals surface area (Å²) in [5.74, 6) is -0.374. The second-order valence-electron chi connectivity index (χ2n) is 5.58. The highest BCUT2D eigenvalue weighted by Crippen LogP contribution is 2.20. The number of anilines is 2. The van der Waals surface area contributed by atoms with Crippen molar-refractivity contribution in [1.29, 1.82) is 0 Å². The van der Waals surface area contributed by atoms with E-state index in [1.807, 2.05) is 48.7 Å². The molecule has 130 valence electrons. The lowest BCUT2D eigenvalue weighted by molar-refractivity contribution is 0.102. The van der Waals surface area contributed by atoms with E-state index in [4.69, 9.17) is 0 Å². The maximum atomic E-state index is 12.4. The third-order valence-electron chi connectivity index (χ3n) is 3.77. The van der Waals surface area contributed by atoms with Crippen LogP contribution in [-0.4, -0.2) is 18.1 Å². The molecule has 0 heterocycles. The van der Waals surface area contributed by atoms with E-state index in [0.717, 1.165) is 10.6 Å². The summed E-state index contributed by atoms with van der Waals surface area (Å²) in [6.07, 6.45) is 1.99. The molecule has 3 aromatic carbocycles. The summed E-state index contributed by atoms with van der Waals surface area (Å²) >= 11 is 1.62. The number of rotatable bonds is 5. The molecule has 2 N–H and O–H groups in total. The Bertz CT molecular complexity index is 909.